The van der Waals surface area contributed by atoms with Crippen LogP contribution in [0.25, 0.3) is 0 Å². The van der Waals surface area contributed by atoms with E-state index in [1.54, 1.807) is 0 Å². The molecular weight excluding hydrogens is 276 g/mol. The van der Waals surface area contributed by atoms with E-state index in [1.807, 2.05) is 0 Å². The maximum atomic E-state index is 11.1. The Morgan fingerprint density at radius 1 is 1.27 bits per heavy atom. The number of nitrogens with zero attached hydrogens (tertiary/aromatic N) is 1. The van der Waals surface area contributed by atoms with Gasteiger partial charge in [-0.1, -0.05) is 0 Å². The van der Waals surface area contributed by atoms with Crippen molar-refractivity contribution in [2.45, 2.75) is 57.6 Å². The van der Waals surface area contributed by atoms with Crippen LogP contribution in [0.3, 0.4) is 0 Å². The van der Waals surface area contributed by atoms with Crippen LogP contribution in [0.5, 0.6) is 0 Å². The number of carbonyl (C=O) groups excluding carboxylic acids is 1. The highest BCUT2D eigenvalue weighted by atomic mass is 16.5. The van der Waals surface area contributed by atoms with Crippen LogP contribution in [-0.2, 0) is 22.5 Å². The molecule has 0 aromatic heterocycles. The molecule has 4 heteroatoms. The molecule has 2 N–H and O–H groups in total. The Bertz CT molecular complexity index is 562. The monoisotopic (exact) mass is 302 g/mol. The van der Waals surface area contributed by atoms with Crippen molar-refractivity contribution in [2.24, 2.45) is 0 Å². The second-order valence-electron chi connectivity index (χ2n) is 6.82. The fourth-order valence-corrected chi connectivity index (χ4v) is 3.99. The lowest BCUT2D eigenvalue weighted by Gasteiger charge is -2.33. The molecule has 1 aromatic carbocycles. The van der Waals surface area contributed by atoms with Crippen LogP contribution in [0.1, 0.15) is 55.2 Å². The van der Waals surface area contributed by atoms with Crippen molar-refractivity contribution in [1.29, 1.82) is 0 Å². The highest BCUT2D eigenvalue weighted by Crippen LogP contribution is 2.38. The van der Waals surface area contributed by atoms with E-state index in [2.05, 4.69) is 24.1 Å². The summed E-state index contributed by atoms with van der Waals surface area (Å²) < 4.78 is 5.36. The third-order valence-electron chi connectivity index (χ3n) is 5.03. The molecule has 2 aliphatic rings. The second-order valence-corrected chi connectivity index (χ2v) is 6.82. The molecule has 3 rings (SSSR count). The van der Waals surface area contributed by atoms with Crippen LogP contribution in [0.2, 0.25) is 0 Å². The van der Waals surface area contributed by atoms with Gasteiger partial charge in [-0.2, -0.15) is 0 Å². The first-order valence-corrected chi connectivity index (χ1v) is 8.30. The molecule has 0 bridgehead atoms. The Hall–Kier alpha value is -1.55. The lowest BCUT2D eigenvalue weighted by Crippen LogP contribution is -2.29. The molecule has 1 aromatic rings. The maximum absolute atomic E-state index is 11.1. The summed E-state index contributed by atoms with van der Waals surface area (Å²) in [6, 6.07) is 4.32. The number of nitrogens with two attached hydrogens (primary N) is 1. The van der Waals surface area contributed by atoms with Crippen LogP contribution in [-0.4, -0.2) is 30.6 Å². The molecule has 0 saturated heterocycles. The number of esters is 1. The van der Waals surface area contributed by atoms with E-state index in [1.165, 1.54) is 23.6 Å². The van der Waals surface area contributed by atoms with Gasteiger partial charge in [0, 0.05) is 25.7 Å². The first-order valence-electron chi connectivity index (χ1n) is 8.30. The molecular formula is C18H26N2O2. The van der Waals surface area contributed by atoms with Gasteiger partial charge in [-0.05, 0) is 73.9 Å². The van der Waals surface area contributed by atoms with Crippen molar-refractivity contribution < 1.29 is 9.53 Å². The normalized spacial score (nSPS) is 25.5. The number of fused-ring (bicyclic) bond motifs is 1. The first kappa shape index (κ1) is 15.3. The molecule has 1 saturated carbocycles. The summed E-state index contributed by atoms with van der Waals surface area (Å²) in [5.41, 5.74) is 11.4. The van der Waals surface area contributed by atoms with Crippen LogP contribution < -0.4 is 5.73 Å². The van der Waals surface area contributed by atoms with Gasteiger partial charge >= 0.3 is 5.97 Å². The Balaban J connectivity index is 1.77. The number of hydrogen-bond acceptors (Lipinski definition) is 4. The van der Waals surface area contributed by atoms with E-state index in [0.717, 1.165) is 50.9 Å². The molecule has 0 spiro atoms. The first-order chi connectivity index (χ1) is 10.5. The van der Waals surface area contributed by atoms with Gasteiger partial charge < -0.3 is 15.4 Å². The highest BCUT2D eigenvalue weighted by Gasteiger charge is 2.27. The van der Waals surface area contributed by atoms with Gasteiger partial charge in [-0.3, -0.25) is 4.79 Å². The quantitative estimate of drug-likeness (QED) is 0.674. The Morgan fingerprint density at radius 3 is 2.68 bits per heavy atom. The molecule has 0 radical (unpaired) electrons. The zero-order valence-electron chi connectivity index (χ0n) is 13.6. The van der Waals surface area contributed by atoms with Crippen molar-refractivity contribution in [3.05, 3.63) is 28.8 Å². The predicted molar refractivity (Wildman–Crippen MR) is 87.7 cm³/mol. The zero-order chi connectivity index (χ0) is 15.7. The Morgan fingerprint density at radius 2 is 2.00 bits per heavy atom. The van der Waals surface area contributed by atoms with Gasteiger partial charge in [0.2, 0.25) is 0 Å². The molecule has 1 aliphatic carbocycles. The number of hydrogen-bond donors (Lipinski definition) is 1. The average Bonchev–Trinajstić information content (AvgIpc) is 2.46. The van der Waals surface area contributed by atoms with Crippen LogP contribution in [0.4, 0.5) is 5.69 Å². The lowest BCUT2D eigenvalue weighted by molar-refractivity contribution is -0.147. The van der Waals surface area contributed by atoms with Gasteiger partial charge in [0.15, 0.2) is 0 Å². The minimum Gasteiger partial charge on any atom is -0.463 e. The fraction of sp³-hybridized carbons (Fsp3) is 0.611. The van der Waals surface area contributed by atoms with E-state index in [9.17, 15) is 4.79 Å². The largest absolute Gasteiger partial charge is 0.463 e. The zero-order valence-corrected chi connectivity index (χ0v) is 13.6. The summed E-state index contributed by atoms with van der Waals surface area (Å²) in [6.07, 6.45) is 5.33. The minimum absolute atomic E-state index is 0.108. The lowest BCUT2D eigenvalue weighted by atomic mass is 9.78. The number of nitrogen functional groups attached to an aromatic ring is 1. The summed E-state index contributed by atoms with van der Waals surface area (Å²) in [5, 5.41) is 0. The summed E-state index contributed by atoms with van der Waals surface area (Å²) in [7, 11) is 2.16. The van der Waals surface area contributed by atoms with E-state index in [0.29, 0.717) is 5.92 Å². The fourth-order valence-electron chi connectivity index (χ4n) is 3.99. The molecule has 1 heterocycles. The Labute approximate surface area is 132 Å². The van der Waals surface area contributed by atoms with Crippen molar-refractivity contribution in [1.82, 2.24) is 4.90 Å². The SMILES string of the molecule is CC(=O)OC1CCC(c2cc(N)cc3c2CCN(C)C3)CC1. The smallest absolute Gasteiger partial charge is 0.302 e. The van der Waals surface area contributed by atoms with E-state index >= 15 is 0 Å². The summed E-state index contributed by atoms with van der Waals surface area (Å²) in [5.74, 6) is 0.403. The molecule has 0 atom stereocenters. The second kappa shape index (κ2) is 6.29. The van der Waals surface area contributed by atoms with Crippen LogP contribution in [0.15, 0.2) is 12.1 Å². The summed E-state index contributed by atoms with van der Waals surface area (Å²) >= 11 is 0. The highest BCUT2D eigenvalue weighted by molar-refractivity contribution is 5.66. The molecule has 1 aliphatic heterocycles. The molecule has 4 nitrogen and oxygen atoms in total. The summed E-state index contributed by atoms with van der Waals surface area (Å²) in [4.78, 5) is 13.4. The number of anilines is 1. The van der Waals surface area contributed by atoms with Gasteiger partial charge in [-0.25, -0.2) is 0 Å². The van der Waals surface area contributed by atoms with Crippen LogP contribution in [0, 0.1) is 0 Å². The minimum atomic E-state index is -0.159. The van der Waals surface area contributed by atoms with Gasteiger partial charge in [0.25, 0.3) is 0 Å². The van der Waals surface area contributed by atoms with Gasteiger partial charge in [0.1, 0.15) is 6.10 Å². The third kappa shape index (κ3) is 3.27. The molecule has 0 unspecified atom stereocenters. The van der Waals surface area contributed by atoms with Crippen molar-refractivity contribution in [3.63, 3.8) is 0 Å². The van der Waals surface area contributed by atoms with E-state index in [4.69, 9.17) is 10.5 Å². The number of likely N-dealkylation sites (N-methyl/N-ethyl adjacent to an activating group) is 1. The maximum Gasteiger partial charge on any atom is 0.302 e. The van der Waals surface area contributed by atoms with Gasteiger partial charge in [0.05, 0.1) is 0 Å². The Kier molecular flexibility index (Phi) is 4.39. The number of carbonyl (C=O) groups is 1. The average molecular weight is 302 g/mol. The summed E-state index contributed by atoms with van der Waals surface area (Å²) in [6.45, 7) is 3.61. The molecule has 0 amide bonds. The molecule has 1 fully saturated rings. The van der Waals surface area contributed by atoms with Crippen molar-refractivity contribution >= 4 is 11.7 Å². The van der Waals surface area contributed by atoms with Gasteiger partial charge in [-0.15, -0.1) is 0 Å². The number of rotatable bonds is 2. The molecule has 120 valence electrons. The number of benzene rings is 1. The van der Waals surface area contributed by atoms with Crippen molar-refractivity contribution in [3.8, 4) is 0 Å². The standard InChI is InChI=1S/C18H26N2O2/c1-12(21)22-16-5-3-13(4-6-16)18-10-15(19)9-14-11-20(2)8-7-17(14)18/h9-10,13,16H,3-8,11,19H2,1-2H3. The predicted octanol–water partition coefficient (Wildman–Crippen LogP) is 2.85. The van der Waals surface area contributed by atoms with Crippen molar-refractivity contribution in [2.75, 3.05) is 19.3 Å². The topological polar surface area (TPSA) is 55.6 Å². The van der Waals surface area contributed by atoms with E-state index in [-0.39, 0.29) is 12.1 Å². The number of ether oxygens (including phenoxy) is 1. The molecule has 22 heavy (non-hydrogen) atoms. The third-order valence-corrected chi connectivity index (χ3v) is 5.03. The van der Waals surface area contributed by atoms with Crippen LogP contribution >= 0.6 is 0 Å². The van der Waals surface area contributed by atoms with E-state index < -0.39 is 0 Å².